The fraction of sp³-hybridized carbons (Fsp3) is 0.556. The Labute approximate surface area is 71.1 Å². The van der Waals surface area contributed by atoms with Gasteiger partial charge in [-0.25, -0.2) is 0 Å². The van der Waals surface area contributed by atoms with Gasteiger partial charge in [0.05, 0.1) is 5.69 Å². The van der Waals surface area contributed by atoms with Gasteiger partial charge in [-0.05, 0) is 26.2 Å². The van der Waals surface area contributed by atoms with E-state index in [0.717, 1.165) is 30.7 Å². The van der Waals surface area contributed by atoms with Gasteiger partial charge >= 0.3 is 0 Å². The van der Waals surface area contributed by atoms with Crippen LogP contribution < -0.4 is 5.56 Å². The normalized spacial score (nSPS) is 14.8. The van der Waals surface area contributed by atoms with Gasteiger partial charge in [0, 0.05) is 12.7 Å². The summed E-state index contributed by atoms with van der Waals surface area (Å²) in [5.41, 5.74) is 2.92. The SMILES string of the molecule is Cc1nc2c(n(C)c1=O)CCC2. The first-order valence-corrected chi connectivity index (χ1v) is 4.25. The largest absolute Gasteiger partial charge is 0.312 e. The lowest BCUT2D eigenvalue weighted by atomic mass is 10.3. The second-order valence-corrected chi connectivity index (χ2v) is 3.31. The van der Waals surface area contributed by atoms with Crippen LogP contribution in [0.3, 0.4) is 0 Å². The molecule has 1 aromatic heterocycles. The summed E-state index contributed by atoms with van der Waals surface area (Å²) >= 11 is 0. The molecule has 0 aromatic carbocycles. The van der Waals surface area contributed by atoms with E-state index in [1.54, 1.807) is 11.5 Å². The molecule has 0 saturated heterocycles. The molecule has 0 aliphatic heterocycles. The number of fused-ring (bicyclic) bond motifs is 1. The third kappa shape index (κ3) is 0.891. The maximum absolute atomic E-state index is 11.4. The maximum Gasteiger partial charge on any atom is 0.271 e. The number of rotatable bonds is 0. The predicted octanol–water partition coefficient (Wildman–Crippen LogP) is 0.577. The van der Waals surface area contributed by atoms with Crippen LogP contribution in [0.5, 0.6) is 0 Å². The van der Waals surface area contributed by atoms with Crippen LogP contribution in [0.25, 0.3) is 0 Å². The highest BCUT2D eigenvalue weighted by Gasteiger charge is 2.16. The van der Waals surface area contributed by atoms with Crippen LogP contribution in [0.2, 0.25) is 0 Å². The Morgan fingerprint density at radius 2 is 2.17 bits per heavy atom. The topological polar surface area (TPSA) is 34.9 Å². The minimum atomic E-state index is 0.0515. The van der Waals surface area contributed by atoms with Crippen molar-refractivity contribution in [2.24, 2.45) is 7.05 Å². The Balaban J connectivity index is 2.76. The molecule has 3 nitrogen and oxygen atoms in total. The van der Waals surface area contributed by atoms with E-state index in [2.05, 4.69) is 4.98 Å². The van der Waals surface area contributed by atoms with Crippen molar-refractivity contribution in [2.75, 3.05) is 0 Å². The van der Waals surface area contributed by atoms with Crippen LogP contribution in [0.4, 0.5) is 0 Å². The van der Waals surface area contributed by atoms with Gasteiger partial charge in [-0.15, -0.1) is 0 Å². The van der Waals surface area contributed by atoms with Gasteiger partial charge in [0.15, 0.2) is 0 Å². The van der Waals surface area contributed by atoms with E-state index in [-0.39, 0.29) is 5.56 Å². The first kappa shape index (κ1) is 7.53. The molecule has 0 fully saturated rings. The third-order valence-electron chi connectivity index (χ3n) is 2.48. The minimum absolute atomic E-state index is 0.0515. The van der Waals surface area contributed by atoms with Crippen molar-refractivity contribution >= 4 is 0 Å². The van der Waals surface area contributed by atoms with Gasteiger partial charge in [0.25, 0.3) is 5.56 Å². The van der Waals surface area contributed by atoms with Crippen LogP contribution in [0, 0.1) is 6.92 Å². The van der Waals surface area contributed by atoms with Gasteiger partial charge < -0.3 is 4.57 Å². The van der Waals surface area contributed by atoms with Crippen molar-refractivity contribution in [1.29, 1.82) is 0 Å². The molecule has 12 heavy (non-hydrogen) atoms. The molecule has 0 atom stereocenters. The molecule has 3 heteroatoms. The van der Waals surface area contributed by atoms with Gasteiger partial charge in [0.1, 0.15) is 5.69 Å². The Hall–Kier alpha value is -1.12. The average molecular weight is 164 g/mol. The zero-order chi connectivity index (χ0) is 8.72. The highest BCUT2D eigenvalue weighted by Crippen LogP contribution is 2.17. The molecular weight excluding hydrogens is 152 g/mol. The fourth-order valence-electron chi connectivity index (χ4n) is 1.81. The zero-order valence-electron chi connectivity index (χ0n) is 7.42. The van der Waals surface area contributed by atoms with Crippen LogP contribution in [-0.4, -0.2) is 9.55 Å². The van der Waals surface area contributed by atoms with Crippen LogP contribution in [0.1, 0.15) is 23.5 Å². The van der Waals surface area contributed by atoms with Crippen molar-refractivity contribution in [2.45, 2.75) is 26.2 Å². The van der Waals surface area contributed by atoms with Crippen molar-refractivity contribution in [3.05, 3.63) is 27.4 Å². The predicted molar refractivity (Wildman–Crippen MR) is 46.2 cm³/mol. The van der Waals surface area contributed by atoms with Crippen LogP contribution in [-0.2, 0) is 19.9 Å². The Bertz CT molecular complexity index is 379. The quantitative estimate of drug-likeness (QED) is 0.562. The summed E-state index contributed by atoms with van der Waals surface area (Å²) in [7, 11) is 1.83. The summed E-state index contributed by atoms with van der Waals surface area (Å²) < 4.78 is 1.74. The molecule has 1 aliphatic rings. The van der Waals surface area contributed by atoms with Gasteiger partial charge in [-0.1, -0.05) is 0 Å². The Kier molecular flexibility index (Phi) is 1.53. The van der Waals surface area contributed by atoms with Gasteiger partial charge in [0.2, 0.25) is 0 Å². The molecule has 64 valence electrons. The van der Waals surface area contributed by atoms with E-state index in [1.807, 2.05) is 7.05 Å². The Morgan fingerprint density at radius 3 is 2.92 bits per heavy atom. The lowest BCUT2D eigenvalue weighted by molar-refractivity contribution is 0.757. The number of hydrogen-bond acceptors (Lipinski definition) is 2. The molecule has 0 spiro atoms. The van der Waals surface area contributed by atoms with E-state index in [4.69, 9.17) is 0 Å². The van der Waals surface area contributed by atoms with Crippen LogP contribution in [0.15, 0.2) is 4.79 Å². The van der Waals surface area contributed by atoms with E-state index >= 15 is 0 Å². The molecule has 2 rings (SSSR count). The number of hydrogen-bond donors (Lipinski definition) is 0. The second-order valence-electron chi connectivity index (χ2n) is 3.31. The van der Waals surface area contributed by atoms with Crippen molar-refractivity contribution in [1.82, 2.24) is 9.55 Å². The highest BCUT2D eigenvalue weighted by molar-refractivity contribution is 5.20. The Morgan fingerprint density at radius 1 is 1.42 bits per heavy atom. The number of nitrogens with zero attached hydrogens (tertiary/aromatic N) is 2. The number of aromatic nitrogens is 2. The molecule has 0 N–H and O–H groups in total. The molecule has 1 aromatic rings. The standard InChI is InChI=1S/C9H12N2O/c1-6-9(12)11(2)8-5-3-4-7(8)10-6/h3-5H2,1-2H3. The third-order valence-corrected chi connectivity index (χ3v) is 2.48. The van der Waals surface area contributed by atoms with E-state index < -0.39 is 0 Å². The summed E-state index contributed by atoms with van der Waals surface area (Å²) in [5.74, 6) is 0. The second kappa shape index (κ2) is 2.44. The minimum Gasteiger partial charge on any atom is -0.312 e. The molecule has 0 saturated carbocycles. The first-order valence-electron chi connectivity index (χ1n) is 4.25. The molecule has 0 unspecified atom stereocenters. The zero-order valence-corrected chi connectivity index (χ0v) is 7.42. The van der Waals surface area contributed by atoms with E-state index in [0.29, 0.717) is 5.69 Å². The fourth-order valence-corrected chi connectivity index (χ4v) is 1.81. The van der Waals surface area contributed by atoms with Crippen molar-refractivity contribution < 1.29 is 0 Å². The summed E-state index contributed by atoms with van der Waals surface area (Å²) in [5, 5.41) is 0. The summed E-state index contributed by atoms with van der Waals surface area (Å²) in [6.07, 6.45) is 3.18. The molecule has 0 bridgehead atoms. The van der Waals surface area contributed by atoms with E-state index in [1.165, 1.54) is 0 Å². The number of aryl methyl sites for hydroxylation is 2. The molecule has 1 heterocycles. The summed E-state index contributed by atoms with van der Waals surface area (Å²) in [6.45, 7) is 1.78. The first-order chi connectivity index (χ1) is 5.70. The van der Waals surface area contributed by atoms with Gasteiger partial charge in [-0.3, -0.25) is 9.78 Å². The van der Waals surface area contributed by atoms with Crippen molar-refractivity contribution in [3.63, 3.8) is 0 Å². The molecular formula is C9H12N2O. The molecule has 0 radical (unpaired) electrons. The molecule has 1 aliphatic carbocycles. The van der Waals surface area contributed by atoms with E-state index in [9.17, 15) is 4.79 Å². The summed E-state index contributed by atoms with van der Waals surface area (Å²) in [4.78, 5) is 15.7. The monoisotopic (exact) mass is 164 g/mol. The average Bonchev–Trinajstić information content (AvgIpc) is 2.48. The van der Waals surface area contributed by atoms with Crippen molar-refractivity contribution in [3.8, 4) is 0 Å². The highest BCUT2D eigenvalue weighted by atomic mass is 16.1. The summed E-state index contributed by atoms with van der Waals surface area (Å²) in [6, 6.07) is 0. The maximum atomic E-state index is 11.4. The molecule has 0 amide bonds. The smallest absolute Gasteiger partial charge is 0.271 e. The lowest BCUT2D eigenvalue weighted by Crippen LogP contribution is -2.24. The lowest BCUT2D eigenvalue weighted by Gasteiger charge is -2.06. The van der Waals surface area contributed by atoms with Crippen LogP contribution >= 0.6 is 0 Å². The van der Waals surface area contributed by atoms with Gasteiger partial charge in [-0.2, -0.15) is 0 Å².